The predicted molar refractivity (Wildman–Crippen MR) is 87.4 cm³/mol. The van der Waals surface area contributed by atoms with Gasteiger partial charge in [-0.15, -0.1) is 0 Å². The van der Waals surface area contributed by atoms with E-state index in [-0.39, 0.29) is 6.04 Å². The maximum absolute atomic E-state index is 5.45. The van der Waals surface area contributed by atoms with Crippen LogP contribution in [0.3, 0.4) is 0 Å². The number of nitrogens with one attached hydrogen (secondary N) is 1. The number of rotatable bonds is 5. The summed E-state index contributed by atoms with van der Waals surface area (Å²) in [4.78, 5) is 0. The monoisotopic (exact) mass is 333 g/mol. The maximum atomic E-state index is 5.45. The second kappa shape index (κ2) is 6.91. The standard InChI is InChI=1S/C17H20BrNO/c1-12-4-6-13(7-5-12)16(19-2)11-14-10-15(18)8-9-17(14)20-3/h4-10,16,19H,11H2,1-3H3. The van der Waals surface area contributed by atoms with Gasteiger partial charge in [0.1, 0.15) is 5.75 Å². The fourth-order valence-electron chi connectivity index (χ4n) is 2.31. The molecule has 0 radical (unpaired) electrons. The molecule has 0 saturated heterocycles. The molecule has 0 amide bonds. The largest absolute Gasteiger partial charge is 0.496 e. The van der Waals surface area contributed by atoms with Crippen molar-refractivity contribution >= 4 is 15.9 Å². The van der Waals surface area contributed by atoms with Crippen molar-refractivity contribution in [2.45, 2.75) is 19.4 Å². The Kier molecular flexibility index (Phi) is 5.21. The highest BCUT2D eigenvalue weighted by atomic mass is 79.9. The summed E-state index contributed by atoms with van der Waals surface area (Å²) in [5.41, 5.74) is 3.77. The second-order valence-electron chi connectivity index (χ2n) is 4.91. The first-order valence-electron chi connectivity index (χ1n) is 6.70. The first-order chi connectivity index (χ1) is 9.63. The van der Waals surface area contributed by atoms with Crippen molar-refractivity contribution in [1.29, 1.82) is 0 Å². The number of benzene rings is 2. The van der Waals surface area contributed by atoms with Crippen LogP contribution in [-0.4, -0.2) is 14.2 Å². The summed E-state index contributed by atoms with van der Waals surface area (Å²) >= 11 is 3.53. The van der Waals surface area contributed by atoms with E-state index in [2.05, 4.69) is 58.5 Å². The summed E-state index contributed by atoms with van der Waals surface area (Å²) < 4.78 is 6.53. The Morgan fingerprint density at radius 2 is 1.85 bits per heavy atom. The van der Waals surface area contributed by atoms with Crippen molar-refractivity contribution in [3.05, 3.63) is 63.6 Å². The van der Waals surface area contributed by atoms with Crippen LogP contribution in [0.1, 0.15) is 22.7 Å². The van der Waals surface area contributed by atoms with Crippen molar-refractivity contribution < 1.29 is 4.74 Å². The molecule has 0 aliphatic carbocycles. The normalized spacial score (nSPS) is 12.2. The lowest BCUT2D eigenvalue weighted by Crippen LogP contribution is -2.19. The van der Waals surface area contributed by atoms with Crippen LogP contribution in [0.2, 0.25) is 0 Å². The van der Waals surface area contributed by atoms with Gasteiger partial charge < -0.3 is 10.1 Å². The Labute approximate surface area is 129 Å². The van der Waals surface area contributed by atoms with Crippen molar-refractivity contribution in [2.75, 3.05) is 14.2 Å². The van der Waals surface area contributed by atoms with Gasteiger partial charge >= 0.3 is 0 Å². The third-order valence-electron chi connectivity index (χ3n) is 3.49. The molecule has 2 aromatic carbocycles. The van der Waals surface area contributed by atoms with Gasteiger partial charge in [0.15, 0.2) is 0 Å². The number of aryl methyl sites for hydroxylation is 1. The van der Waals surface area contributed by atoms with Crippen LogP contribution < -0.4 is 10.1 Å². The lowest BCUT2D eigenvalue weighted by atomic mass is 9.97. The molecule has 0 aliphatic rings. The van der Waals surface area contributed by atoms with Gasteiger partial charge in [-0.2, -0.15) is 0 Å². The van der Waals surface area contributed by atoms with E-state index >= 15 is 0 Å². The van der Waals surface area contributed by atoms with Crippen LogP contribution in [-0.2, 0) is 6.42 Å². The van der Waals surface area contributed by atoms with Gasteiger partial charge in [-0.1, -0.05) is 45.8 Å². The minimum absolute atomic E-state index is 0.277. The summed E-state index contributed by atoms with van der Waals surface area (Å²) in [7, 11) is 3.71. The Morgan fingerprint density at radius 1 is 1.15 bits per heavy atom. The van der Waals surface area contributed by atoms with Crippen molar-refractivity contribution in [3.8, 4) is 5.75 Å². The molecule has 2 nitrogen and oxygen atoms in total. The van der Waals surface area contributed by atoms with E-state index in [1.165, 1.54) is 16.7 Å². The first kappa shape index (κ1) is 15.1. The molecule has 2 aromatic rings. The highest BCUT2D eigenvalue weighted by molar-refractivity contribution is 9.10. The van der Waals surface area contributed by atoms with E-state index < -0.39 is 0 Å². The predicted octanol–water partition coefficient (Wildman–Crippen LogP) is 4.27. The Morgan fingerprint density at radius 3 is 2.45 bits per heavy atom. The molecule has 1 unspecified atom stereocenters. The van der Waals surface area contributed by atoms with E-state index in [1.807, 2.05) is 19.2 Å². The molecular formula is C17H20BrNO. The number of hydrogen-bond donors (Lipinski definition) is 1. The number of ether oxygens (including phenoxy) is 1. The average molecular weight is 334 g/mol. The van der Waals surface area contributed by atoms with Crippen LogP contribution in [0.25, 0.3) is 0 Å². The van der Waals surface area contributed by atoms with Gasteiger partial charge in [0.2, 0.25) is 0 Å². The van der Waals surface area contributed by atoms with Crippen LogP contribution in [0.15, 0.2) is 46.9 Å². The molecule has 0 spiro atoms. The van der Waals surface area contributed by atoms with Crippen molar-refractivity contribution in [3.63, 3.8) is 0 Å². The van der Waals surface area contributed by atoms with Gasteiger partial charge in [0, 0.05) is 10.5 Å². The van der Waals surface area contributed by atoms with E-state index in [0.717, 1.165) is 16.6 Å². The molecule has 0 heterocycles. The molecule has 1 atom stereocenters. The molecule has 106 valence electrons. The molecule has 0 saturated carbocycles. The molecule has 0 aromatic heterocycles. The van der Waals surface area contributed by atoms with Crippen LogP contribution in [0.5, 0.6) is 5.75 Å². The first-order valence-corrected chi connectivity index (χ1v) is 7.49. The molecular weight excluding hydrogens is 314 g/mol. The molecule has 0 aliphatic heterocycles. The Bertz CT molecular complexity index is 566. The number of methoxy groups -OCH3 is 1. The Hall–Kier alpha value is -1.32. The molecule has 0 fully saturated rings. The minimum Gasteiger partial charge on any atom is -0.496 e. The lowest BCUT2D eigenvalue weighted by molar-refractivity contribution is 0.406. The third kappa shape index (κ3) is 3.62. The fraction of sp³-hybridized carbons (Fsp3) is 0.294. The van der Waals surface area contributed by atoms with E-state index in [4.69, 9.17) is 4.74 Å². The van der Waals surface area contributed by atoms with Crippen LogP contribution >= 0.6 is 15.9 Å². The maximum Gasteiger partial charge on any atom is 0.122 e. The third-order valence-corrected chi connectivity index (χ3v) is 3.99. The summed E-state index contributed by atoms with van der Waals surface area (Å²) in [5, 5.41) is 3.39. The summed E-state index contributed by atoms with van der Waals surface area (Å²) in [5.74, 6) is 0.931. The van der Waals surface area contributed by atoms with E-state index in [1.54, 1.807) is 7.11 Å². The number of likely N-dealkylation sites (N-methyl/N-ethyl adjacent to an activating group) is 1. The highest BCUT2D eigenvalue weighted by Gasteiger charge is 2.13. The lowest BCUT2D eigenvalue weighted by Gasteiger charge is -2.19. The van der Waals surface area contributed by atoms with Gasteiger partial charge in [-0.3, -0.25) is 0 Å². The zero-order valence-corrected chi connectivity index (χ0v) is 13.7. The minimum atomic E-state index is 0.277. The van der Waals surface area contributed by atoms with Gasteiger partial charge in [-0.05, 0) is 49.7 Å². The zero-order valence-electron chi connectivity index (χ0n) is 12.1. The fourth-order valence-corrected chi connectivity index (χ4v) is 2.72. The number of halogens is 1. The van der Waals surface area contributed by atoms with E-state index in [0.29, 0.717) is 0 Å². The SMILES string of the molecule is CNC(Cc1cc(Br)ccc1OC)c1ccc(C)cc1. The van der Waals surface area contributed by atoms with Crippen LogP contribution in [0.4, 0.5) is 0 Å². The van der Waals surface area contributed by atoms with Crippen molar-refractivity contribution in [1.82, 2.24) is 5.32 Å². The van der Waals surface area contributed by atoms with Gasteiger partial charge in [0.05, 0.1) is 7.11 Å². The summed E-state index contributed by atoms with van der Waals surface area (Å²) in [6, 6.07) is 15.1. The topological polar surface area (TPSA) is 21.3 Å². The van der Waals surface area contributed by atoms with E-state index in [9.17, 15) is 0 Å². The summed E-state index contributed by atoms with van der Waals surface area (Å²) in [6.45, 7) is 2.11. The number of hydrogen-bond acceptors (Lipinski definition) is 2. The Balaban J connectivity index is 2.26. The highest BCUT2D eigenvalue weighted by Crippen LogP contribution is 2.28. The second-order valence-corrected chi connectivity index (χ2v) is 5.83. The zero-order chi connectivity index (χ0) is 14.5. The molecule has 2 rings (SSSR count). The van der Waals surface area contributed by atoms with Gasteiger partial charge in [-0.25, -0.2) is 0 Å². The van der Waals surface area contributed by atoms with Crippen molar-refractivity contribution in [2.24, 2.45) is 0 Å². The smallest absolute Gasteiger partial charge is 0.122 e. The molecule has 20 heavy (non-hydrogen) atoms. The molecule has 1 N–H and O–H groups in total. The quantitative estimate of drug-likeness (QED) is 0.882. The molecule has 3 heteroatoms. The van der Waals surface area contributed by atoms with Crippen LogP contribution in [0, 0.1) is 6.92 Å². The summed E-state index contributed by atoms with van der Waals surface area (Å²) in [6.07, 6.45) is 0.891. The molecule has 0 bridgehead atoms. The average Bonchev–Trinajstić information content (AvgIpc) is 2.46. The van der Waals surface area contributed by atoms with Gasteiger partial charge in [0.25, 0.3) is 0 Å².